The van der Waals surface area contributed by atoms with Gasteiger partial charge in [0.15, 0.2) is 0 Å². The molecule has 234 valence electrons. The van der Waals surface area contributed by atoms with Gasteiger partial charge in [0.2, 0.25) is 5.71 Å². The first-order valence-corrected chi connectivity index (χ1v) is 17.0. The van der Waals surface area contributed by atoms with Crippen molar-refractivity contribution >= 4 is 71.4 Å². The summed E-state index contributed by atoms with van der Waals surface area (Å²) in [5, 5.41) is 9.69. The van der Waals surface area contributed by atoms with E-state index in [-0.39, 0.29) is 0 Å². The fourth-order valence-corrected chi connectivity index (χ4v) is 7.52. The summed E-state index contributed by atoms with van der Waals surface area (Å²) in [6, 6.07) is 63.0. The minimum Gasteiger partial charge on any atom is -0.438 e. The number of furan rings is 1. The molecule has 50 heavy (non-hydrogen) atoms. The van der Waals surface area contributed by atoms with E-state index < -0.39 is 0 Å². The maximum atomic E-state index is 6.24. The van der Waals surface area contributed by atoms with Gasteiger partial charge in [-0.2, -0.15) is 0 Å². The van der Waals surface area contributed by atoms with Crippen molar-refractivity contribution in [3.63, 3.8) is 0 Å². The highest BCUT2D eigenvalue weighted by Gasteiger charge is 2.17. The lowest BCUT2D eigenvalue weighted by Crippen LogP contribution is -2.09. The Kier molecular flexibility index (Phi) is 6.49. The molecule has 0 aliphatic carbocycles. The number of pyridine rings is 1. The van der Waals surface area contributed by atoms with E-state index in [9.17, 15) is 0 Å². The summed E-state index contributed by atoms with van der Waals surface area (Å²) in [7, 11) is 0. The molecule has 0 amide bonds. The molecule has 2 heterocycles. The van der Waals surface area contributed by atoms with E-state index in [1.165, 1.54) is 54.6 Å². The van der Waals surface area contributed by atoms with Crippen LogP contribution >= 0.6 is 0 Å². The summed E-state index contributed by atoms with van der Waals surface area (Å²) in [4.78, 5) is 6.76. The molecule has 0 saturated carbocycles. The van der Waals surface area contributed by atoms with E-state index in [4.69, 9.17) is 4.42 Å². The van der Waals surface area contributed by atoms with E-state index in [1.54, 1.807) is 6.20 Å². The lowest BCUT2D eigenvalue weighted by Gasteiger charge is -2.26. The fourth-order valence-electron chi connectivity index (χ4n) is 7.52. The van der Waals surface area contributed by atoms with Gasteiger partial charge in [0.05, 0.1) is 0 Å². The van der Waals surface area contributed by atoms with Crippen LogP contribution < -0.4 is 4.90 Å². The van der Waals surface area contributed by atoms with Gasteiger partial charge in [-0.05, 0) is 109 Å². The molecule has 0 N–H and O–H groups in total. The number of nitrogens with zero attached hydrogens (tertiary/aromatic N) is 2. The lowest BCUT2D eigenvalue weighted by atomic mass is 9.90. The number of hydrogen-bond acceptors (Lipinski definition) is 3. The van der Waals surface area contributed by atoms with Gasteiger partial charge < -0.3 is 9.32 Å². The van der Waals surface area contributed by atoms with Gasteiger partial charge in [-0.25, -0.2) is 4.98 Å². The van der Waals surface area contributed by atoms with Gasteiger partial charge >= 0.3 is 0 Å². The molecule has 0 unspecified atom stereocenters. The first-order chi connectivity index (χ1) is 24.8. The van der Waals surface area contributed by atoms with Crippen LogP contribution in [0.15, 0.2) is 187 Å². The van der Waals surface area contributed by atoms with E-state index in [1.807, 2.05) is 6.07 Å². The van der Waals surface area contributed by atoms with Crippen molar-refractivity contribution in [1.29, 1.82) is 0 Å². The van der Waals surface area contributed by atoms with Crippen LogP contribution in [0.4, 0.5) is 17.1 Å². The van der Waals surface area contributed by atoms with E-state index >= 15 is 0 Å². The van der Waals surface area contributed by atoms with Crippen molar-refractivity contribution in [2.24, 2.45) is 0 Å². The third-order valence-electron chi connectivity index (χ3n) is 9.91. The predicted octanol–water partition coefficient (Wildman–Crippen LogP) is 13.2. The van der Waals surface area contributed by atoms with Crippen molar-refractivity contribution in [3.8, 4) is 22.3 Å². The average Bonchev–Trinajstić information content (AvgIpc) is 3.56. The van der Waals surface area contributed by atoms with Gasteiger partial charge in [0.1, 0.15) is 5.58 Å². The van der Waals surface area contributed by atoms with Crippen molar-refractivity contribution in [2.75, 3.05) is 4.90 Å². The van der Waals surface area contributed by atoms with E-state index in [0.717, 1.165) is 33.4 Å². The van der Waals surface area contributed by atoms with Crippen LogP contribution in [-0.2, 0) is 0 Å². The van der Waals surface area contributed by atoms with Gasteiger partial charge in [0.25, 0.3) is 0 Å². The maximum Gasteiger partial charge on any atom is 0.227 e. The molecule has 0 saturated heterocycles. The smallest absolute Gasteiger partial charge is 0.227 e. The van der Waals surface area contributed by atoms with Gasteiger partial charge in [0, 0.05) is 40.1 Å². The van der Waals surface area contributed by atoms with Crippen LogP contribution in [0.3, 0.4) is 0 Å². The van der Waals surface area contributed by atoms with Gasteiger partial charge in [-0.1, -0.05) is 115 Å². The van der Waals surface area contributed by atoms with Crippen LogP contribution in [0.1, 0.15) is 0 Å². The summed E-state index contributed by atoms with van der Waals surface area (Å²) in [5.74, 6) is 0. The largest absolute Gasteiger partial charge is 0.438 e. The number of aromatic nitrogens is 1. The summed E-state index contributed by atoms with van der Waals surface area (Å²) in [6.07, 6.45) is 1.77. The Balaban J connectivity index is 1.12. The number of fused-ring (bicyclic) bond motifs is 8. The Morgan fingerprint density at radius 1 is 0.400 bits per heavy atom. The van der Waals surface area contributed by atoms with Gasteiger partial charge in [-0.15, -0.1) is 0 Å². The number of benzene rings is 8. The number of rotatable bonds is 5. The van der Waals surface area contributed by atoms with Crippen LogP contribution in [0.2, 0.25) is 0 Å². The zero-order valence-corrected chi connectivity index (χ0v) is 27.1. The topological polar surface area (TPSA) is 29.3 Å². The molecule has 8 aromatic carbocycles. The van der Waals surface area contributed by atoms with Crippen LogP contribution in [0.5, 0.6) is 0 Å². The first-order valence-electron chi connectivity index (χ1n) is 17.0. The highest BCUT2D eigenvalue weighted by Crippen LogP contribution is 2.42. The quantitative estimate of drug-likeness (QED) is 0.176. The Morgan fingerprint density at radius 3 is 1.78 bits per heavy atom. The summed E-state index contributed by atoms with van der Waals surface area (Å²) >= 11 is 0. The summed E-state index contributed by atoms with van der Waals surface area (Å²) < 4.78 is 6.24. The highest BCUT2D eigenvalue weighted by atomic mass is 16.3. The summed E-state index contributed by atoms with van der Waals surface area (Å²) in [6.45, 7) is 0. The molecule has 3 nitrogen and oxygen atoms in total. The standard InChI is InChI=1S/C47H30N2O/c1-2-9-31(10-3-1)32-16-21-36(22-17-32)49(38-25-27-41-43-15-8-28-48-47(43)50-45(41)30-38)37-23-18-34(19-24-37)44-29-35-12-5-7-14-40(35)46-39-13-6-4-11-33(39)20-26-42(44)46/h1-30H. The first kappa shape index (κ1) is 28.3. The molecule has 0 aliphatic rings. The predicted molar refractivity (Wildman–Crippen MR) is 210 cm³/mol. The Morgan fingerprint density at radius 2 is 1.00 bits per heavy atom. The fraction of sp³-hybridized carbons (Fsp3) is 0. The van der Waals surface area contributed by atoms with Crippen molar-refractivity contribution in [1.82, 2.24) is 4.98 Å². The molecular weight excluding hydrogens is 609 g/mol. The SMILES string of the molecule is c1ccc(-c2ccc(N(c3ccc(-c4cc5ccccc5c5c4ccc4ccccc45)cc3)c3ccc4c(c3)oc3ncccc34)cc2)cc1. The molecule has 10 rings (SSSR count). The molecule has 0 fully saturated rings. The molecule has 0 aliphatic heterocycles. The Hall–Kier alpha value is -6.71. The second-order valence-electron chi connectivity index (χ2n) is 12.8. The van der Waals surface area contributed by atoms with Crippen LogP contribution in [-0.4, -0.2) is 4.98 Å². The lowest BCUT2D eigenvalue weighted by molar-refractivity contribution is 0.654. The normalized spacial score (nSPS) is 11.6. The molecule has 0 spiro atoms. The highest BCUT2D eigenvalue weighted by molar-refractivity contribution is 6.24. The molecule has 0 radical (unpaired) electrons. The zero-order chi connectivity index (χ0) is 33.0. The molecule has 10 aromatic rings. The zero-order valence-electron chi connectivity index (χ0n) is 27.1. The monoisotopic (exact) mass is 638 g/mol. The number of anilines is 3. The van der Waals surface area contributed by atoms with E-state index in [2.05, 4.69) is 180 Å². The third-order valence-corrected chi connectivity index (χ3v) is 9.91. The van der Waals surface area contributed by atoms with Crippen molar-refractivity contribution in [2.45, 2.75) is 0 Å². The number of hydrogen-bond donors (Lipinski definition) is 0. The second-order valence-corrected chi connectivity index (χ2v) is 12.8. The minimum absolute atomic E-state index is 0.651. The Labute approximate surface area is 289 Å². The van der Waals surface area contributed by atoms with Crippen molar-refractivity contribution < 1.29 is 4.42 Å². The second kappa shape index (κ2) is 11.5. The third kappa shape index (κ3) is 4.63. The van der Waals surface area contributed by atoms with Gasteiger partial charge in [-0.3, -0.25) is 0 Å². The van der Waals surface area contributed by atoms with Crippen LogP contribution in [0, 0.1) is 0 Å². The summed E-state index contributed by atoms with van der Waals surface area (Å²) in [5.41, 5.74) is 9.38. The minimum atomic E-state index is 0.651. The molecule has 0 bridgehead atoms. The Bertz CT molecular complexity index is 2840. The average molecular weight is 639 g/mol. The molecule has 2 aromatic heterocycles. The maximum absolute atomic E-state index is 6.24. The molecular formula is C47H30N2O. The molecule has 0 atom stereocenters. The van der Waals surface area contributed by atoms with E-state index in [0.29, 0.717) is 5.71 Å². The molecule has 3 heteroatoms. The van der Waals surface area contributed by atoms with Crippen LogP contribution in [0.25, 0.3) is 76.6 Å². The van der Waals surface area contributed by atoms with Crippen molar-refractivity contribution in [3.05, 3.63) is 182 Å².